The standard InChI is InChI=1S/C23H18N2O2S/c26-22-20(19-11-5-2-6-12-19)21(28-16-17-8-3-1-4-9-17)23(27)25(22)15-18-10-7-13-24-14-18/h1-14H,15-16H2. The van der Waals surface area contributed by atoms with Crippen molar-refractivity contribution in [3.8, 4) is 0 Å². The third kappa shape index (κ3) is 3.75. The van der Waals surface area contributed by atoms with E-state index in [0.717, 1.165) is 16.7 Å². The Balaban J connectivity index is 1.66. The van der Waals surface area contributed by atoms with E-state index in [2.05, 4.69) is 4.98 Å². The van der Waals surface area contributed by atoms with Crippen molar-refractivity contribution in [2.24, 2.45) is 0 Å². The second kappa shape index (κ2) is 8.23. The Morgan fingerprint density at radius 1 is 0.786 bits per heavy atom. The summed E-state index contributed by atoms with van der Waals surface area (Å²) in [5, 5.41) is 0. The number of pyridine rings is 1. The van der Waals surface area contributed by atoms with Crippen LogP contribution < -0.4 is 0 Å². The van der Waals surface area contributed by atoms with Gasteiger partial charge in [-0.05, 0) is 22.8 Å². The zero-order chi connectivity index (χ0) is 19.3. The van der Waals surface area contributed by atoms with Gasteiger partial charge in [0.05, 0.1) is 17.0 Å². The van der Waals surface area contributed by atoms with Crippen LogP contribution in [0.1, 0.15) is 16.7 Å². The highest BCUT2D eigenvalue weighted by Crippen LogP contribution is 2.38. The fourth-order valence-electron chi connectivity index (χ4n) is 3.09. The minimum atomic E-state index is -0.254. The summed E-state index contributed by atoms with van der Waals surface area (Å²) < 4.78 is 0. The Labute approximate surface area is 167 Å². The van der Waals surface area contributed by atoms with Crippen LogP contribution in [0.2, 0.25) is 0 Å². The lowest BCUT2D eigenvalue weighted by Crippen LogP contribution is -2.31. The average Bonchev–Trinajstić information content (AvgIpc) is 2.98. The summed E-state index contributed by atoms with van der Waals surface area (Å²) in [5.41, 5.74) is 3.19. The third-order valence-corrected chi connectivity index (χ3v) is 5.62. The van der Waals surface area contributed by atoms with Crippen LogP contribution in [0, 0.1) is 0 Å². The monoisotopic (exact) mass is 386 g/mol. The minimum absolute atomic E-state index is 0.219. The molecule has 0 aliphatic carbocycles. The lowest BCUT2D eigenvalue weighted by atomic mass is 10.1. The largest absolute Gasteiger partial charge is 0.269 e. The zero-order valence-electron chi connectivity index (χ0n) is 15.1. The van der Waals surface area contributed by atoms with Gasteiger partial charge in [-0.25, -0.2) is 0 Å². The van der Waals surface area contributed by atoms with E-state index in [-0.39, 0.29) is 18.4 Å². The van der Waals surface area contributed by atoms with Gasteiger partial charge in [0.15, 0.2) is 0 Å². The molecular formula is C23H18N2O2S. The zero-order valence-corrected chi connectivity index (χ0v) is 15.9. The summed E-state index contributed by atoms with van der Waals surface area (Å²) in [6.07, 6.45) is 3.35. The molecule has 1 aliphatic heterocycles. The number of thioether (sulfide) groups is 1. The van der Waals surface area contributed by atoms with Crippen LogP contribution in [0.5, 0.6) is 0 Å². The van der Waals surface area contributed by atoms with Crippen molar-refractivity contribution in [1.82, 2.24) is 9.88 Å². The predicted octanol–water partition coefficient (Wildman–Crippen LogP) is 4.30. The van der Waals surface area contributed by atoms with Crippen molar-refractivity contribution in [3.05, 3.63) is 107 Å². The molecule has 4 rings (SSSR count). The van der Waals surface area contributed by atoms with Crippen molar-refractivity contribution in [3.63, 3.8) is 0 Å². The number of hydrogen-bond acceptors (Lipinski definition) is 4. The quantitative estimate of drug-likeness (QED) is 0.593. The number of imide groups is 1. The summed E-state index contributed by atoms with van der Waals surface area (Å²) in [4.78, 5) is 32.2. The van der Waals surface area contributed by atoms with E-state index >= 15 is 0 Å². The molecule has 2 aromatic carbocycles. The van der Waals surface area contributed by atoms with E-state index in [1.54, 1.807) is 18.5 Å². The molecule has 3 aromatic rings. The molecule has 2 heterocycles. The lowest BCUT2D eigenvalue weighted by Gasteiger charge is -2.15. The van der Waals surface area contributed by atoms with Crippen LogP contribution >= 0.6 is 11.8 Å². The molecule has 0 radical (unpaired) electrons. The minimum Gasteiger partial charge on any atom is -0.269 e. The van der Waals surface area contributed by atoms with Gasteiger partial charge in [-0.3, -0.25) is 19.5 Å². The maximum Gasteiger partial charge on any atom is 0.268 e. The summed E-state index contributed by atoms with van der Waals surface area (Å²) in [6.45, 7) is 0.219. The number of rotatable bonds is 6. The Bertz CT molecular complexity index is 1020. The maximum atomic E-state index is 13.2. The van der Waals surface area contributed by atoms with Gasteiger partial charge in [0, 0.05) is 18.1 Å². The lowest BCUT2D eigenvalue weighted by molar-refractivity contribution is -0.137. The van der Waals surface area contributed by atoms with Crippen LogP contribution in [-0.4, -0.2) is 21.7 Å². The van der Waals surface area contributed by atoms with Gasteiger partial charge < -0.3 is 0 Å². The second-order valence-corrected chi connectivity index (χ2v) is 7.39. The number of aromatic nitrogens is 1. The average molecular weight is 386 g/mol. The first-order valence-corrected chi connectivity index (χ1v) is 9.94. The Morgan fingerprint density at radius 2 is 1.46 bits per heavy atom. The molecule has 0 saturated carbocycles. The van der Waals surface area contributed by atoms with Crippen LogP contribution in [0.3, 0.4) is 0 Å². The highest BCUT2D eigenvalue weighted by atomic mass is 32.2. The van der Waals surface area contributed by atoms with Crippen LogP contribution in [0.15, 0.2) is 90.1 Å². The first-order valence-electron chi connectivity index (χ1n) is 8.95. The Morgan fingerprint density at radius 3 is 2.14 bits per heavy atom. The van der Waals surface area contributed by atoms with Crippen molar-refractivity contribution < 1.29 is 9.59 Å². The van der Waals surface area contributed by atoms with E-state index in [1.165, 1.54) is 16.7 Å². The first-order chi connectivity index (χ1) is 13.7. The molecule has 4 nitrogen and oxygen atoms in total. The molecule has 5 heteroatoms. The van der Waals surface area contributed by atoms with Gasteiger partial charge in [0.1, 0.15) is 0 Å². The van der Waals surface area contributed by atoms with Crippen LogP contribution in [0.4, 0.5) is 0 Å². The molecule has 0 atom stereocenters. The van der Waals surface area contributed by atoms with Crippen LogP contribution in [0.25, 0.3) is 5.57 Å². The van der Waals surface area contributed by atoms with E-state index in [0.29, 0.717) is 16.2 Å². The number of nitrogens with zero attached hydrogens (tertiary/aromatic N) is 2. The highest BCUT2D eigenvalue weighted by Gasteiger charge is 2.39. The molecule has 1 aliphatic rings. The predicted molar refractivity (Wildman–Crippen MR) is 111 cm³/mol. The number of benzene rings is 2. The molecule has 2 amide bonds. The van der Waals surface area contributed by atoms with Gasteiger partial charge in [0.25, 0.3) is 11.8 Å². The fraction of sp³-hybridized carbons (Fsp3) is 0.0870. The van der Waals surface area contributed by atoms with Crippen LogP contribution in [-0.2, 0) is 21.9 Å². The molecule has 1 aromatic heterocycles. The van der Waals surface area contributed by atoms with Gasteiger partial charge >= 0.3 is 0 Å². The van der Waals surface area contributed by atoms with E-state index in [1.807, 2.05) is 66.7 Å². The molecule has 0 saturated heterocycles. The molecule has 0 bridgehead atoms. The number of carbonyl (C=O) groups is 2. The van der Waals surface area contributed by atoms with Crippen molar-refractivity contribution >= 4 is 29.1 Å². The smallest absolute Gasteiger partial charge is 0.268 e. The van der Waals surface area contributed by atoms with Gasteiger partial charge in [-0.15, -0.1) is 11.8 Å². The summed E-state index contributed by atoms with van der Waals surface area (Å²) in [7, 11) is 0. The topological polar surface area (TPSA) is 50.3 Å². The highest BCUT2D eigenvalue weighted by molar-refractivity contribution is 8.03. The number of amides is 2. The SMILES string of the molecule is O=C1C(SCc2ccccc2)=C(c2ccccc2)C(=O)N1Cc1cccnc1. The van der Waals surface area contributed by atoms with E-state index in [9.17, 15) is 9.59 Å². The number of carbonyl (C=O) groups excluding carboxylic acids is 2. The van der Waals surface area contributed by atoms with Crippen molar-refractivity contribution in [1.29, 1.82) is 0 Å². The molecule has 28 heavy (non-hydrogen) atoms. The van der Waals surface area contributed by atoms with Gasteiger partial charge in [-0.2, -0.15) is 0 Å². The molecule has 0 spiro atoms. The molecule has 0 N–H and O–H groups in total. The second-order valence-electron chi connectivity index (χ2n) is 6.40. The van der Waals surface area contributed by atoms with Crippen molar-refractivity contribution in [2.45, 2.75) is 12.3 Å². The molecule has 0 unspecified atom stereocenters. The van der Waals surface area contributed by atoms with Gasteiger partial charge in [-0.1, -0.05) is 66.7 Å². The molecule has 0 fully saturated rings. The van der Waals surface area contributed by atoms with E-state index in [4.69, 9.17) is 0 Å². The van der Waals surface area contributed by atoms with Gasteiger partial charge in [0.2, 0.25) is 0 Å². The molecular weight excluding hydrogens is 368 g/mol. The Kier molecular flexibility index (Phi) is 5.35. The normalized spacial score (nSPS) is 14.1. The summed E-state index contributed by atoms with van der Waals surface area (Å²) in [6, 6.07) is 23.0. The third-order valence-electron chi connectivity index (χ3n) is 4.48. The fourth-order valence-corrected chi connectivity index (χ4v) is 4.18. The first kappa shape index (κ1) is 18.2. The number of hydrogen-bond donors (Lipinski definition) is 0. The summed E-state index contributed by atoms with van der Waals surface area (Å²) in [5.74, 6) is 0.135. The Hall–Kier alpha value is -3.18. The summed E-state index contributed by atoms with van der Waals surface area (Å²) >= 11 is 1.42. The maximum absolute atomic E-state index is 13.2. The van der Waals surface area contributed by atoms with Crippen molar-refractivity contribution in [2.75, 3.05) is 0 Å². The molecule has 138 valence electrons. The van der Waals surface area contributed by atoms with E-state index < -0.39 is 0 Å².